The van der Waals surface area contributed by atoms with Gasteiger partial charge in [-0.15, -0.1) is 11.3 Å². The van der Waals surface area contributed by atoms with Crippen LogP contribution in [0.1, 0.15) is 27.1 Å². The van der Waals surface area contributed by atoms with E-state index in [-0.39, 0.29) is 17.2 Å². The maximum absolute atomic E-state index is 12.6. The summed E-state index contributed by atoms with van der Waals surface area (Å²) in [7, 11) is -3.79. The number of anilines is 1. The highest BCUT2D eigenvalue weighted by Gasteiger charge is 2.26. The number of fused-ring (bicyclic) bond motifs is 1. The summed E-state index contributed by atoms with van der Waals surface area (Å²) >= 11 is 13.8. The molecule has 0 saturated carbocycles. The van der Waals surface area contributed by atoms with Crippen molar-refractivity contribution in [3.05, 3.63) is 79.6 Å². The molecule has 11 heteroatoms. The number of thiophene rings is 1. The second-order valence-electron chi connectivity index (χ2n) is 7.93. The minimum atomic E-state index is -3.79. The van der Waals surface area contributed by atoms with Gasteiger partial charge in [0.2, 0.25) is 15.9 Å². The van der Waals surface area contributed by atoms with Crippen LogP contribution in [0.4, 0.5) is 5.00 Å². The quantitative estimate of drug-likeness (QED) is 0.488. The van der Waals surface area contributed by atoms with Crippen LogP contribution in [0.15, 0.2) is 47.4 Å². The molecule has 0 atom stereocenters. The predicted molar refractivity (Wildman–Crippen MR) is 133 cm³/mol. The SMILES string of the molecule is N#Cc1c(NC(=O)Cc2ccc(S(N)(=O)=O)cc2)sc2c1CCN(Cc1cc(Cl)ccc1Cl)C2. The summed E-state index contributed by atoms with van der Waals surface area (Å²) in [4.78, 5) is 15.9. The Morgan fingerprint density at radius 3 is 2.62 bits per heavy atom. The Labute approximate surface area is 211 Å². The van der Waals surface area contributed by atoms with Gasteiger partial charge in [0.1, 0.15) is 11.1 Å². The van der Waals surface area contributed by atoms with Crippen LogP contribution < -0.4 is 10.5 Å². The lowest BCUT2D eigenvalue weighted by molar-refractivity contribution is -0.115. The zero-order chi connectivity index (χ0) is 24.5. The van der Waals surface area contributed by atoms with Gasteiger partial charge < -0.3 is 5.32 Å². The normalized spacial score (nSPS) is 13.8. The number of rotatable bonds is 6. The Kier molecular flexibility index (Phi) is 7.28. The van der Waals surface area contributed by atoms with Crippen LogP contribution in [0.3, 0.4) is 0 Å². The number of hydrogen-bond donors (Lipinski definition) is 2. The van der Waals surface area contributed by atoms with E-state index in [9.17, 15) is 18.5 Å². The van der Waals surface area contributed by atoms with E-state index >= 15 is 0 Å². The van der Waals surface area contributed by atoms with Gasteiger partial charge in [-0.25, -0.2) is 13.6 Å². The monoisotopic (exact) mass is 534 g/mol. The summed E-state index contributed by atoms with van der Waals surface area (Å²) in [5, 5.41) is 19.5. The van der Waals surface area contributed by atoms with Gasteiger partial charge in [0.15, 0.2) is 0 Å². The van der Waals surface area contributed by atoms with Crippen LogP contribution in [-0.4, -0.2) is 25.8 Å². The van der Waals surface area contributed by atoms with Crippen LogP contribution in [0.2, 0.25) is 10.0 Å². The van der Waals surface area contributed by atoms with Crippen LogP contribution >= 0.6 is 34.5 Å². The molecule has 3 N–H and O–H groups in total. The van der Waals surface area contributed by atoms with Gasteiger partial charge in [0.05, 0.1) is 16.9 Å². The standard InChI is InChI=1S/C23H20Cl2N4O3S2/c24-16-3-6-20(25)15(10-16)12-29-8-7-18-19(11-26)23(33-21(18)13-29)28-22(30)9-14-1-4-17(5-2-14)34(27,31)32/h1-6,10H,7-9,12-13H2,(H,28,30)(H2,27,31,32). The third-order valence-electron chi connectivity index (χ3n) is 5.52. The third kappa shape index (κ3) is 5.61. The molecule has 0 unspecified atom stereocenters. The van der Waals surface area contributed by atoms with Gasteiger partial charge in [0.25, 0.3) is 0 Å². The summed E-state index contributed by atoms with van der Waals surface area (Å²) < 4.78 is 22.8. The van der Waals surface area contributed by atoms with Crippen LogP contribution in [0.25, 0.3) is 0 Å². The second kappa shape index (κ2) is 10.0. The molecule has 0 radical (unpaired) electrons. The number of benzene rings is 2. The van der Waals surface area contributed by atoms with Crippen LogP contribution in [0.5, 0.6) is 0 Å². The molecule has 0 fully saturated rings. The van der Waals surface area contributed by atoms with E-state index in [0.717, 1.165) is 22.5 Å². The van der Waals surface area contributed by atoms with Crippen molar-refractivity contribution in [2.75, 3.05) is 11.9 Å². The molecule has 1 aromatic heterocycles. The zero-order valence-electron chi connectivity index (χ0n) is 17.8. The molecule has 34 heavy (non-hydrogen) atoms. The van der Waals surface area contributed by atoms with Crippen molar-refractivity contribution in [2.45, 2.75) is 30.8 Å². The number of sulfonamides is 1. The molecule has 176 valence electrons. The van der Waals surface area contributed by atoms with Crippen LogP contribution in [0, 0.1) is 11.3 Å². The van der Waals surface area contributed by atoms with E-state index in [1.54, 1.807) is 24.3 Å². The molecule has 1 aliphatic rings. The summed E-state index contributed by atoms with van der Waals surface area (Å²) in [5.74, 6) is -0.291. The number of carbonyl (C=O) groups excluding carboxylic acids is 1. The molecule has 3 aromatic rings. The molecule has 7 nitrogen and oxygen atoms in total. The highest BCUT2D eigenvalue weighted by Crippen LogP contribution is 2.37. The van der Waals surface area contributed by atoms with Gasteiger partial charge in [-0.05, 0) is 53.4 Å². The number of nitrogens with two attached hydrogens (primary N) is 1. The fraction of sp³-hybridized carbons (Fsp3) is 0.217. The summed E-state index contributed by atoms with van der Waals surface area (Å²) in [6.07, 6.45) is 0.732. The predicted octanol–water partition coefficient (Wildman–Crippen LogP) is 4.31. The Balaban J connectivity index is 1.46. The number of hydrogen-bond acceptors (Lipinski definition) is 6. The molecule has 0 aliphatic carbocycles. The number of halogens is 2. The average Bonchev–Trinajstić information content (AvgIpc) is 3.12. The Morgan fingerprint density at radius 2 is 1.94 bits per heavy atom. The highest BCUT2D eigenvalue weighted by atomic mass is 35.5. The van der Waals surface area contributed by atoms with Gasteiger partial charge >= 0.3 is 0 Å². The Hall–Kier alpha value is -2.45. The first-order valence-corrected chi connectivity index (χ1v) is 13.4. The van der Waals surface area contributed by atoms with E-state index in [2.05, 4.69) is 16.3 Å². The van der Waals surface area contributed by atoms with Gasteiger partial charge in [-0.3, -0.25) is 9.69 Å². The molecular weight excluding hydrogens is 515 g/mol. The maximum Gasteiger partial charge on any atom is 0.238 e. The highest BCUT2D eigenvalue weighted by molar-refractivity contribution is 7.89. The molecule has 1 aliphatic heterocycles. The lowest BCUT2D eigenvalue weighted by atomic mass is 10.0. The van der Waals surface area contributed by atoms with Crippen molar-refractivity contribution in [1.82, 2.24) is 4.90 Å². The Morgan fingerprint density at radius 1 is 1.21 bits per heavy atom. The molecule has 0 bridgehead atoms. The van der Waals surface area contributed by atoms with E-state index < -0.39 is 10.0 Å². The minimum absolute atomic E-state index is 0.0158. The van der Waals surface area contributed by atoms with Crippen molar-refractivity contribution >= 4 is 55.5 Å². The number of nitrogens with one attached hydrogen (secondary N) is 1. The molecule has 4 rings (SSSR count). The van der Waals surface area contributed by atoms with E-state index in [1.165, 1.54) is 23.5 Å². The van der Waals surface area contributed by atoms with Crippen molar-refractivity contribution < 1.29 is 13.2 Å². The summed E-state index contributed by atoms with van der Waals surface area (Å²) in [6.45, 7) is 2.03. The molecular formula is C23H20Cl2N4O3S2. The average molecular weight is 535 g/mol. The van der Waals surface area contributed by atoms with Crippen LogP contribution in [-0.2, 0) is 40.7 Å². The minimum Gasteiger partial charge on any atom is -0.316 e. The van der Waals surface area contributed by atoms with Crippen molar-refractivity contribution in [3.8, 4) is 6.07 Å². The van der Waals surface area contributed by atoms with Crippen molar-refractivity contribution in [1.29, 1.82) is 5.26 Å². The first kappa shape index (κ1) is 24.7. The molecule has 0 saturated heterocycles. The first-order chi connectivity index (χ1) is 16.1. The number of nitriles is 1. The fourth-order valence-electron chi connectivity index (χ4n) is 3.86. The lowest BCUT2D eigenvalue weighted by Crippen LogP contribution is -2.29. The Bertz CT molecular complexity index is 1400. The largest absolute Gasteiger partial charge is 0.316 e. The summed E-state index contributed by atoms with van der Waals surface area (Å²) in [5.41, 5.74) is 3.04. The molecule has 0 spiro atoms. The van der Waals surface area contributed by atoms with E-state index in [1.807, 2.05) is 6.07 Å². The third-order valence-corrected chi connectivity index (χ3v) is 8.18. The van der Waals surface area contributed by atoms with Gasteiger partial charge in [0, 0.05) is 34.6 Å². The molecule has 2 heterocycles. The maximum atomic E-state index is 12.6. The topological polar surface area (TPSA) is 116 Å². The summed E-state index contributed by atoms with van der Waals surface area (Å²) in [6, 6.07) is 13.4. The van der Waals surface area contributed by atoms with Gasteiger partial charge in [-0.1, -0.05) is 35.3 Å². The zero-order valence-corrected chi connectivity index (χ0v) is 21.0. The smallest absolute Gasteiger partial charge is 0.238 e. The number of nitrogens with zero attached hydrogens (tertiary/aromatic N) is 2. The van der Waals surface area contributed by atoms with E-state index in [4.69, 9.17) is 28.3 Å². The molecule has 2 aromatic carbocycles. The second-order valence-corrected chi connectivity index (χ2v) is 11.4. The lowest BCUT2D eigenvalue weighted by Gasteiger charge is -2.27. The van der Waals surface area contributed by atoms with E-state index in [0.29, 0.717) is 45.7 Å². The van der Waals surface area contributed by atoms with Crippen molar-refractivity contribution in [3.63, 3.8) is 0 Å². The fourth-order valence-corrected chi connectivity index (χ4v) is 6.00. The number of carbonyl (C=O) groups is 1. The number of amides is 1. The first-order valence-electron chi connectivity index (χ1n) is 10.3. The van der Waals surface area contributed by atoms with Crippen molar-refractivity contribution in [2.24, 2.45) is 5.14 Å². The number of primary sulfonamides is 1. The van der Waals surface area contributed by atoms with Gasteiger partial charge in [-0.2, -0.15) is 5.26 Å². The molecule has 1 amide bonds.